The zero-order chi connectivity index (χ0) is 26.2. The highest BCUT2D eigenvalue weighted by Crippen LogP contribution is 2.40. The number of amides is 1. The molecule has 5 rings (SSSR count). The van der Waals surface area contributed by atoms with Crippen LogP contribution in [0.5, 0.6) is 5.75 Å². The standard InChI is InChI=1S/C27H26ClN3O4S2/c1-18-10-12-20(13-11-18)37(33,34)31-16-6-9-22(31)26(32)30(17-19-7-4-3-5-8-19)27-29-24-23(35-2)15-14-21(28)25(24)36-27/h3-5,7-8,10-15,22H,6,9,16-17H2,1-2H3. The summed E-state index contributed by atoms with van der Waals surface area (Å²) in [6.45, 7) is 2.43. The minimum Gasteiger partial charge on any atom is -0.494 e. The van der Waals surface area contributed by atoms with Gasteiger partial charge >= 0.3 is 0 Å². The van der Waals surface area contributed by atoms with Crippen LogP contribution in [0.2, 0.25) is 5.02 Å². The minimum atomic E-state index is -3.85. The molecule has 2 heterocycles. The van der Waals surface area contributed by atoms with Gasteiger partial charge in [0.25, 0.3) is 0 Å². The van der Waals surface area contributed by atoms with Gasteiger partial charge in [0.2, 0.25) is 15.9 Å². The lowest BCUT2D eigenvalue weighted by atomic mass is 10.1. The van der Waals surface area contributed by atoms with E-state index >= 15 is 0 Å². The second-order valence-corrected chi connectivity index (χ2v) is 12.2. The third-order valence-corrected chi connectivity index (χ3v) is 9.92. The summed E-state index contributed by atoms with van der Waals surface area (Å²) in [6, 6.07) is 18.9. The van der Waals surface area contributed by atoms with E-state index in [1.165, 1.54) is 15.6 Å². The summed E-state index contributed by atoms with van der Waals surface area (Å²) < 4.78 is 34.6. The summed E-state index contributed by atoms with van der Waals surface area (Å²) in [5.41, 5.74) is 2.43. The number of methoxy groups -OCH3 is 1. The highest BCUT2D eigenvalue weighted by molar-refractivity contribution is 7.89. The summed E-state index contributed by atoms with van der Waals surface area (Å²) >= 11 is 7.75. The maximum absolute atomic E-state index is 14.1. The van der Waals surface area contributed by atoms with Crippen LogP contribution in [0.25, 0.3) is 10.2 Å². The van der Waals surface area contributed by atoms with Crippen LogP contribution in [-0.4, -0.2) is 43.3 Å². The Labute approximate surface area is 225 Å². The van der Waals surface area contributed by atoms with Crippen molar-refractivity contribution in [1.29, 1.82) is 0 Å². The van der Waals surface area contributed by atoms with E-state index in [4.69, 9.17) is 21.3 Å². The maximum Gasteiger partial charge on any atom is 0.247 e. The summed E-state index contributed by atoms with van der Waals surface area (Å²) in [7, 11) is -2.30. The van der Waals surface area contributed by atoms with Crippen LogP contribution in [0.3, 0.4) is 0 Å². The fraction of sp³-hybridized carbons (Fsp3) is 0.259. The fourth-order valence-corrected chi connectivity index (χ4v) is 7.44. The average Bonchev–Trinajstić information content (AvgIpc) is 3.57. The summed E-state index contributed by atoms with van der Waals surface area (Å²) in [5.74, 6) is 0.240. The van der Waals surface area contributed by atoms with Crippen molar-refractivity contribution in [1.82, 2.24) is 9.29 Å². The van der Waals surface area contributed by atoms with Crippen LogP contribution in [0.1, 0.15) is 24.0 Å². The van der Waals surface area contributed by atoms with Crippen molar-refractivity contribution in [2.24, 2.45) is 0 Å². The van der Waals surface area contributed by atoms with Crippen molar-refractivity contribution in [3.05, 3.63) is 82.9 Å². The van der Waals surface area contributed by atoms with Gasteiger partial charge in [0, 0.05) is 6.54 Å². The Morgan fingerprint density at radius 2 is 1.86 bits per heavy atom. The number of fused-ring (bicyclic) bond motifs is 1. The molecule has 0 N–H and O–H groups in total. The van der Waals surface area contributed by atoms with E-state index in [2.05, 4.69) is 0 Å². The Kier molecular flexibility index (Phi) is 7.22. The van der Waals surface area contributed by atoms with Gasteiger partial charge in [0.05, 0.1) is 28.3 Å². The molecule has 0 spiro atoms. The molecular formula is C27H26ClN3O4S2. The number of ether oxygens (including phenoxy) is 1. The minimum absolute atomic E-state index is 0.184. The molecule has 1 saturated heterocycles. The van der Waals surface area contributed by atoms with Gasteiger partial charge in [-0.3, -0.25) is 9.69 Å². The normalized spacial score (nSPS) is 16.2. The lowest BCUT2D eigenvalue weighted by Crippen LogP contribution is -2.47. The molecule has 1 aromatic heterocycles. The van der Waals surface area contributed by atoms with Crippen molar-refractivity contribution in [2.45, 2.75) is 37.2 Å². The zero-order valence-electron chi connectivity index (χ0n) is 20.4. The number of hydrogen-bond donors (Lipinski definition) is 0. The Hall–Kier alpha value is -2.98. The van der Waals surface area contributed by atoms with E-state index in [-0.39, 0.29) is 23.9 Å². The number of sulfonamides is 1. The molecule has 4 aromatic rings. The van der Waals surface area contributed by atoms with Gasteiger partial charge < -0.3 is 4.74 Å². The average molecular weight is 556 g/mol. The summed E-state index contributed by atoms with van der Waals surface area (Å²) in [4.78, 5) is 20.6. The number of hydrogen-bond acceptors (Lipinski definition) is 6. The molecule has 0 bridgehead atoms. The first kappa shape index (κ1) is 25.7. The molecular weight excluding hydrogens is 530 g/mol. The van der Waals surface area contributed by atoms with E-state index in [0.717, 1.165) is 11.1 Å². The van der Waals surface area contributed by atoms with Crippen LogP contribution < -0.4 is 9.64 Å². The smallest absolute Gasteiger partial charge is 0.247 e. The molecule has 1 aliphatic rings. The number of thiazole rings is 1. The molecule has 0 radical (unpaired) electrons. The topological polar surface area (TPSA) is 79.8 Å². The van der Waals surface area contributed by atoms with Gasteiger partial charge in [-0.2, -0.15) is 4.31 Å². The van der Waals surface area contributed by atoms with Crippen LogP contribution in [0, 0.1) is 6.92 Å². The highest BCUT2D eigenvalue weighted by atomic mass is 35.5. The van der Waals surface area contributed by atoms with Gasteiger partial charge in [-0.1, -0.05) is 71.0 Å². The summed E-state index contributed by atoms with van der Waals surface area (Å²) in [5, 5.41) is 0.950. The number of benzene rings is 3. The molecule has 10 heteroatoms. The Morgan fingerprint density at radius 3 is 2.57 bits per heavy atom. The first-order chi connectivity index (χ1) is 17.8. The van der Waals surface area contributed by atoms with E-state index in [9.17, 15) is 13.2 Å². The van der Waals surface area contributed by atoms with Crippen LogP contribution >= 0.6 is 22.9 Å². The van der Waals surface area contributed by atoms with Gasteiger partial charge in [-0.15, -0.1) is 0 Å². The molecule has 7 nitrogen and oxygen atoms in total. The molecule has 1 atom stereocenters. The largest absolute Gasteiger partial charge is 0.494 e. The Morgan fingerprint density at radius 1 is 1.14 bits per heavy atom. The molecule has 0 aliphatic carbocycles. The number of aryl methyl sites for hydroxylation is 1. The SMILES string of the molecule is COc1ccc(Cl)c2sc(N(Cc3ccccc3)C(=O)C3CCCN3S(=O)(=O)c3ccc(C)cc3)nc12. The second kappa shape index (κ2) is 10.4. The van der Waals surface area contributed by atoms with E-state index in [1.54, 1.807) is 48.4 Å². The zero-order valence-corrected chi connectivity index (χ0v) is 22.8. The lowest BCUT2D eigenvalue weighted by Gasteiger charge is -2.28. The molecule has 1 aliphatic heterocycles. The summed E-state index contributed by atoms with van der Waals surface area (Å²) in [6.07, 6.45) is 1.03. The molecule has 1 amide bonds. The monoisotopic (exact) mass is 555 g/mol. The quantitative estimate of drug-likeness (QED) is 0.294. The van der Waals surface area contributed by atoms with E-state index < -0.39 is 16.1 Å². The molecule has 37 heavy (non-hydrogen) atoms. The second-order valence-electron chi connectivity index (χ2n) is 8.92. The number of rotatable bonds is 7. The van der Waals surface area contributed by atoms with Crippen LogP contribution in [-0.2, 0) is 21.4 Å². The molecule has 1 unspecified atom stereocenters. The van der Waals surface area contributed by atoms with Crippen molar-refractivity contribution in [3.8, 4) is 5.75 Å². The number of carbonyl (C=O) groups is 1. The molecule has 1 fully saturated rings. The molecule has 0 saturated carbocycles. The third kappa shape index (κ3) is 4.96. The van der Waals surface area contributed by atoms with Crippen molar-refractivity contribution in [3.63, 3.8) is 0 Å². The van der Waals surface area contributed by atoms with E-state index in [1.807, 2.05) is 37.3 Å². The molecule has 192 valence electrons. The van der Waals surface area contributed by atoms with Crippen molar-refractivity contribution < 1.29 is 17.9 Å². The Balaban J connectivity index is 1.55. The first-order valence-corrected chi connectivity index (χ1v) is 14.5. The van der Waals surface area contributed by atoms with E-state index in [0.29, 0.717) is 39.0 Å². The number of nitrogens with zero attached hydrogens (tertiary/aromatic N) is 3. The predicted molar refractivity (Wildman–Crippen MR) is 147 cm³/mol. The van der Waals surface area contributed by atoms with Gasteiger partial charge in [-0.05, 0) is 49.6 Å². The van der Waals surface area contributed by atoms with Crippen LogP contribution in [0.4, 0.5) is 5.13 Å². The third-order valence-electron chi connectivity index (χ3n) is 6.46. The molecule has 3 aromatic carbocycles. The van der Waals surface area contributed by atoms with Gasteiger partial charge in [-0.25, -0.2) is 13.4 Å². The van der Waals surface area contributed by atoms with Crippen molar-refractivity contribution in [2.75, 3.05) is 18.6 Å². The maximum atomic E-state index is 14.1. The Bertz CT molecular complexity index is 1540. The van der Waals surface area contributed by atoms with Gasteiger partial charge in [0.1, 0.15) is 17.3 Å². The van der Waals surface area contributed by atoms with Crippen molar-refractivity contribution >= 4 is 54.2 Å². The van der Waals surface area contributed by atoms with Crippen LogP contribution in [0.15, 0.2) is 71.6 Å². The first-order valence-electron chi connectivity index (χ1n) is 11.9. The fourth-order valence-electron chi connectivity index (χ4n) is 4.53. The van der Waals surface area contributed by atoms with Gasteiger partial charge in [0.15, 0.2) is 5.13 Å². The number of aromatic nitrogens is 1. The number of anilines is 1. The highest BCUT2D eigenvalue weighted by Gasteiger charge is 2.42. The number of carbonyl (C=O) groups excluding carboxylic acids is 1. The predicted octanol–water partition coefficient (Wildman–Crippen LogP) is 5.65. The number of halogens is 1. The lowest BCUT2D eigenvalue weighted by molar-refractivity contribution is -0.121.